The summed E-state index contributed by atoms with van der Waals surface area (Å²) in [6.07, 6.45) is -1.09. The maximum atomic E-state index is 14.3. The predicted octanol–water partition coefficient (Wildman–Crippen LogP) is 3.07. The molecule has 7 N–H and O–H groups in total. The Morgan fingerprint density at radius 3 is 2.29 bits per heavy atom. The minimum Gasteiger partial charge on any atom is -0.508 e. The molecule has 1 heterocycles. The third-order valence-corrected chi connectivity index (χ3v) is 11.2. The molecule has 3 aromatic rings. The second-order valence-electron chi connectivity index (χ2n) is 16.3. The first kappa shape index (κ1) is 42.2. The van der Waals surface area contributed by atoms with Gasteiger partial charge >= 0.3 is 12.1 Å². The van der Waals surface area contributed by atoms with E-state index in [0.29, 0.717) is 27.8 Å². The average molecular weight is 818 g/mol. The Morgan fingerprint density at radius 1 is 1.03 bits per heavy atom. The van der Waals surface area contributed by atoms with Crippen molar-refractivity contribution in [1.29, 1.82) is 0 Å². The highest BCUT2D eigenvalue weighted by molar-refractivity contribution is 6.24. The van der Waals surface area contributed by atoms with Crippen LogP contribution in [0.25, 0.3) is 16.7 Å². The van der Waals surface area contributed by atoms with E-state index in [1.54, 1.807) is 71.0 Å². The summed E-state index contributed by atoms with van der Waals surface area (Å²) >= 11 is 0. The maximum Gasteiger partial charge on any atom is 0.413 e. The molecular weight excluding hydrogens is 770 g/mol. The zero-order valence-corrected chi connectivity index (χ0v) is 33.8. The van der Waals surface area contributed by atoms with E-state index in [2.05, 4.69) is 5.32 Å². The molecular formula is C41H47N5O13. The minimum atomic E-state index is -2.83. The van der Waals surface area contributed by atoms with Crippen LogP contribution in [0.5, 0.6) is 5.75 Å². The molecule has 3 aliphatic carbocycles. The normalized spacial score (nSPS) is 21.5. The molecule has 0 bridgehead atoms. The summed E-state index contributed by atoms with van der Waals surface area (Å²) in [5.41, 5.74) is 1.65. The van der Waals surface area contributed by atoms with Crippen molar-refractivity contribution in [2.24, 2.45) is 17.6 Å². The van der Waals surface area contributed by atoms with Gasteiger partial charge in [-0.2, -0.15) is 0 Å². The molecule has 314 valence electrons. The number of nitrogens with zero attached hydrogens (tertiary/aromatic N) is 3. The van der Waals surface area contributed by atoms with E-state index in [0.717, 1.165) is 4.90 Å². The molecule has 1 aromatic heterocycles. The third-order valence-electron chi connectivity index (χ3n) is 11.2. The number of aliphatic hydroxyl groups is 3. The van der Waals surface area contributed by atoms with Gasteiger partial charge in [0.25, 0.3) is 5.91 Å². The molecule has 3 amide bonds. The molecule has 3 aliphatic rings. The van der Waals surface area contributed by atoms with E-state index in [9.17, 15) is 49.2 Å². The van der Waals surface area contributed by atoms with Crippen molar-refractivity contribution < 1.29 is 63.1 Å². The lowest BCUT2D eigenvalue weighted by molar-refractivity contribution is -0.153. The van der Waals surface area contributed by atoms with Crippen LogP contribution in [-0.2, 0) is 35.1 Å². The van der Waals surface area contributed by atoms with Crippen molar-refractivity contribution in [3.05, 3.63) is 69.7 Å². The monoisotopic (exact) mass is 817 g/mol. The van der Waals surface area contributed by atoms with Gasteiger partial charge in [-0.15, -0.1) is 0 Å². The van der Waals surface area contributed by atoms with Crippen LogP contribution in [0, 0.1) is 18.8 Å². The van der Waals surface area contributed by atoms with Crippen molar-refractivity contribution in [1.82, 2.24) is 9.80 Å². The Morgan fingerprint density at radius 2 is 1.69 bits per heavy atom. The number of benzene rings is 2. The maximum absolute atomic E-state index is 14.3. The molecule has 4 atom stereocenters. The highest BCUT2D eigenvalue weighted by Gasteiger charge is 2.64. The lowest BCUT2D eigenvalue weighted by Gasteiger charge is -2.50. The van der Waals surface area contributed by atoms with Crippen molar-refractivity contribution in [2.45, 2.75) is 57.7 Å². The van der Waals surface area contributed by atoms with Gasteiger partial charge in [0.2, 0.25) is 24.2 Å². The van der Waals surface area contributed by atoms with E-state index in [1.165, 1.54) is 25.1 Å². The van der Waals surface area contributed by atoms with Gasteiger partial charge in [0.05, 0.1) is 17.3 Å². The topological polar surface area (TPSA) is 263 Å². The first-order chi connectivity index (χ1) is 27.5. The van der Waals surface area contributed by atoms with E-state index in [1.807, 2.05) is 0 Å². The third kappa shape index (κ3) is 7.01. The summed E-state index contributed by atoms with van der Waals surface area (Å²) in [4.78, 5) is 83.8. The number of primary amides is 1. The number of anilines is 2. The van der Waals surface area contributed by atoms with E-state index in [-0.39, 0.29) is 35.4 Å². The number of Topliss-reactive ketones (excluding diaryl/α,β-unsaturated/α-hetero) is 2. The second kappa shape index (κ2) is 15.1. The highest BCUT2D eigenvalue weighted by Crippen LogP contribution is 2.54. The summed E-state index contributed by atoms with van der Waals surface area (Å²) < 4.78 is 16.0. The van der Waals surface area contributed by atoms with Crippen LogP contribution in [0.4, 0.5) is 16.2 Å². The number of fused-ring (bicyclic) bond motifs is 4. The largest absolute Gasteiger partial charge is 0.508 e. The number of ether oxygens (including phenoxy) is 2. The smallest absolute Gasteiger partial charge is 0.413 e. The first-order valence-electron chi connectivity index (χ1n) is 18.6. The molecule has 1 saturated carbocycles. The highest BCUT2D eigenvalue weighted by atomic mass is 16.7. The molecule has 18 nitrogen and oxygen atoms in total. The molecule has 59 heavy (non-hydrogen) atoms. The first-order valence-corrected chi connectivity index (χ1v) is 18.6. The van der Waals surface area contributed by atoms with Gasteiger partial charge in [-0.1, -0.05) is 18.2 Å². The summed E-state index contributed by atoms with van der Waals surface area (Å²) in [5, 5.41) is 49.8. The molecule has 0 spiro atoms. The molecule has 3 unspecified atom stereocenters. The number of likely N-dealkylation sites (N-methyl/N-ethyl adjacent to an activating group) is 1. The number of nitrogens with one attached hydrogen (secondary N) is 1. The molecule has 6 rings (SSSR count). The summed E-state index contributed by atoms with van der Waals surface area (Å²) in [5.74, 6) is -9.80. The number of aliphatic hydroxyl groups excluding tert-OH is 2. The van der Waals surface area contributed by atoms with Gasteiger partial charge in [-0.25, -0.2) is 9.59 Å². The fourth-order valence-electron chi connectivity index (χ4n) is 8.34. The Balaban J connectivity index is 1.26. The van der Waals surface area contributed by atoms with Crippen molar-refractivity contribution in [3.8, 4) is 5.75 Å². The van der Waals surface area contributed by atoms with Gasteiger partial charge < -0.3 is 50.3 Å². The lowest BCUT2D eigenvalue weighted by atomic mass is 9.57. The van der Waals surface area contributed by atoms with Gasteiger partial charge in [-0.05, 0) is 78.2 Å². The van der Waals surface area contributed by atoms with E-state index >= 15 is 0 Å². The van der Waals surface area contributed by atoms with Crippen molar-refractivity contribution in [2.75, 3.05) is 51.7 Å². The second-order valence-corrected chi connectivity index (χ2v) is 16.3. The molecule has 0 saturated heterocycles. The Bertz CT molecular complexity index is 2390. The molecule has 1 fully saturated rings. The number of phenolic OH excluding ortho intramolecular Hbond substituents is 1. The zero-order valence-electron chi connectivity index (χ0n) is 33.8. The number of aromatic hydroxyl groups is 1. The van der Waals surface area contributed by atoms with Gasteiger partial charge in [0.15, 0.2) is 11.4 Å². The number of hydrogen-bond donors (Lipinski definition) is 6. The number of amides is 3. The number of carbonyl (C=O) groups is 6. The van der Waals surface area contributed by atoms with Crippen LogP contribution in [0.1, 0.15) is 54.4 Å². The Hall–Kier alpha value is -6.40. The van der Waals surface area contributed by atoms with Crippen molar-refractivity contribution >= 4 is 63.5 Å². The Labute approximate surface area is 338 Å². The number of phenols is 1. The SMILES string of the molecule is Cc1c(C(=O)OCOC(=O)N(CC(=O)Nc2cc(N(C)C)c3c(c2O)C(O)=C2C(=O)[C@]4(O)C(O)=C(C(N)=O)C(=O)C(N(C)C)C4CC2C3)C(C)(C)C)oc2ccccc12. The van der Waals surface area contributed by atoms with Crippen LogP contribution in [0.3, 0.4) is 0 Å². The standard InChI is InChI=1S/C41H47N5O13/c1-18-20-11-9-10-12-25(20)59-34(18)38(54)57-17-58-39(55)46(40(2,3)4)16-26(47)43-23-15-24(44(5)6)21-13-19-14-22-30(45(7)8)33(50)29(37(42)53)36(52)41(22,56)35(51)27(19)32(49)28(21)31(23)48/h9-12,15,19,22,30,48-49,52,56H,13-14,16-17H2,1-8H3,(H2,42,53)(H,43,47)/t19?,22?,30?,41-/m0/s1. The summed E-state index contributed by atoms with van der Waals surface area (Å²) in [6, 6.07) is 7.23. The number of rotatable bonds is 9. The van der Waals surface area contributed by atoms with Crippen molar-refractivity contribution in [3.63, 3.8) is 0 Å². The predicted molar refractivity (Wildman–Crippen MR) is 211 cm³/mol. The van der Waals surface area contributed by atoms with Gasteiger partial charge in [0, 0.05) is 47.8 Å². The minimum absolute atomic E-state index is 0.0218. The summed E-state index contributed by atoms with van der Waals surface area (Å²) in [7, 11) is 6.37. The number of furan rings is 1. The fraction of sp³-hybridized carbons (Fsp3) is 0.415. The Kier molecular flexibility index (Phi) is 10.8. The quantitative estimate of drug-likeness (QED) is 0.0785. The number of carbonyl (C=O) groups excluding carboxylic acids is 6. The number of ketones is 2. The van der Waals surface area contributed by atoms with E-state index < -0.39 is 101 Å². The zero-order chi connectivity index (χ0) is 43.6. The fourth-order valence-corrected chi connectivity index (χ4v) is 8.34. The van der Waals surface area contributed by atoms with Crippen LogP contribution in [0.15, 0.2) is 51.7 Å². The molecule has 0 aliphatic heterocycles. The number of nitrogens with two attached hydrogens (primary N) is 1. The molecule has 18 heteroatoms. The van der Waals surface area contributed by atoms with Crippen LogP contribution in [0.2, 0.25) is 0 Å². The number of esters is 1. The van der Waals surface area contributed by atoms with Crippen LogP contribution in [-0.4, -0.2) is 124 Å². The molecule has 0 radical (unpaired) electrons. The number of hydrogen-bond acceptors (Lipinski definition) is 15. The van der Waals surface area contributed by atoms with Gasteiger partial charge in [0.1, 0.15) is 35.0 Å². The van der Waals surface area contributed by atoms with Crippen LogP contribution >= 0.6 is 0 Å². The van der Waals surface area contributed by atoms with E-state index in [4.69, 9.17) is 19.6 Å². The average Bonchev–Trinajstić information content (AvgIpc) is 3.48. The summed E-state index contributed by atoms with van der Waals surface area (Å²) in [6.45, 7) is 5.17. The van der Waals surface area contributed by atoms with Gasteiger partial charge in [-0.3, -0.25) is 29.0 Å². The molecule has 2 aromatic carbocycles. The van der Waals surface area contributed by atoms with Crippen LogP contribution < -0.4 is 16.0 Å². The number of aryl methyl sites for hydroxylation is 1. The lowest BCUT2D eigenvalue weighted by Crippen LogP contribution is -2.65. The number of para-hydroxylation sites is 1.